The highest BCUT2D eigenvalue weighted by atomic mass is 16.5. The minimum atomic E-state index is 0.691. The van der Waals surface area contributed by atoms with E-state index in [4.69, 9.17) is 4.74 Å². The van der Waals surface area contributed by atoms with Gasteiger partial charge in [0, 0.05) is 25.2 Å². The Balaban J connectivity index is 1.74. The van der Waals surface area contributed by atoms with Crippen LogP contribution in [-0.4, -0.2) is 44.2 Å². The number of rotatable bonds is 3. The molecule has 1 fully saturated rings. The Bertz CT molecular complexity index is 429. The number of aryl methyl sites for hydroxylation is 1. The van der Waals surface area contributed by atoms with Crippen molar-refractivity contribution in [3.63, 3.8) is 0 Å². The molecule has 0 aromatic heterocycles. The van der Waals surface area contributed by atoms with Gasteiger partial charge in [0.05, 0.1) is 7.11 Å². The third-order valence-electron chi connectivity index (χ3n) is 4.53. The van der Waals surface area contributed by atoms with Crippen molar-refractivity contribution in [2.75, 3.05) is 27.2 Å². The molecule has 3 heteroatoms. The van der Waals surface area contributed by atoms with Crippen molar-refractivity contribution >= 4 is 0 Å². The normalized spacial score (nSPS) is 23.6. The first-order valence-electron chi connectivity index (χ1n) is 6.86. The second kappa shape index (κ2) is 4.90. The fraction of sp³-hybridized carbons (Fsp3) is 0.600. The summed E-state index contributed by atoms with van der Waals surface area (Å²) < 4.78 is 5.33. The molecule has 0 spiro atoms. The molecule has 18 heavy (non-hydrogen) atoms. The zero-order valence-electron chi connectivity index (χ0n) is 11.3. The van der Waals surface area contributed by atoms with Gasteiger partial charge in [0.25, 0.3) is 0 Å². The maximum atomic E-state index is 5.33. The number of nitrogens with zero attached hydrogens (tertiary/aromatic N) is 1. The average molecular weight is 246 g/mol. The quantitative estimate of drug-likeness (QED) is 0.874. The number of benzene rings is 1. The molecule has 98 valence electrons. The highest BCUT2D eigenvalue weighted by molar-refractivity contribution is 5.38. The SMILES string of the molecule is COc1ccc2c(c1)CC(N(C)C1CNC1)CC2. The standard InChI is InChI=1S/C15H22N2O/c1-17(14-9-16-10-14)13-5-3-11-4-6-15(18-2)8-12(11)7-13/h4,6,8,13-14,16H,3,5,7,9-10H2,1-2H3. The number of likely N-dealkylation sites (N-methyl/N-ethyl adjacent to an activating group) is 1. The molecule has 1 aliphatic heterocycles. The largest absolute Gasteiger partial charge is 0.497 e. The van der Waals surface area contributed by atoms with Crippen molar-refractivity contribution in [3.05, 3.63) is 29.3 Å². The predicted molar refractivity (Wildman–Crippen MR) is 73.2 cm³/mol. The molecule has 1 saturated heterocycles. The zero-order valence-corrected chi connectivity index (χ0v) is 11.3. The summed E-state index contributed by atoms with van der Waals surface area (Å²) in [5.74, 6) is 0.988. The second-order valence-electron chi connectivity index (χ2n) is 5.51. The summed E-state index contributed by atoms with van der Waals surface area (Å²) in [5, 5.41) is 3.36. The highest BCUT2D eigenvalue weighted by Gasteiger charge is 2.29. The topological polar surface area (TPSA) is 24.5 Å². The van der Waals surface area contributed by atoms with E-state index in [1.807, 2.05) is 0 Å². The molecule has 0 radical (unpaired) electrons. The van der Waals surface area contributed by atoms with Gasteiger partial charge < -0.3 is 10.1 Å². The number of hydrogen-bond acceptors (Lipinski definition) is 3. The molecule has 1 heterocycles. The lowest BCUT2D eigenvalue weighted by Gasteiger charge is -2.42. The van der Waals surface area contributed by atoms with Gasteiger partial charge in [0.2, 0.25) is 0 Å². The van der Waals surface area contributed by atoms with Crippen LogP contribution in [0.2, 0.25) is 0 Å². The molecule has 1 atom stereocenters. The zero-order chi connectivity index (χ0) is 12.5. The molecule has 1 aromatic carbocycles. The Hall–Kier alpha value is -1.06. The van der Waals surface area contributed by atoms with Crippen molar-refractivity contribution in [1.29, 1.82) is 0 Å². The van der Waals surface area contributed by atoms with Crippen molar-refractivity contribution < 1.29 is 4.74 Å². The molecule has 0 saturated carbocycles. The molecule has 0 bridgehead atoms. The van der Waals surface area contributed by atoms with Crippen LogP contribution in [-0.2, 0) is 12.8 Å². The van der Waals surface area contributed by atoms with Crippen molar-refractivity contribution in [2.45, 2.75) is 31.3 Å². The first kappa shape index (κ1) is 12.0. The number of hydrogen-bond donors (Lipinski definition) is 1. The summed E-state index contributed by atoms with van der Waals surface area (Å²) in [5.41, 5.74) is 2.98. The molecule has 1 N–H and O–H groups in total. The van der Waals surface area contributed by atoms with E-state index in [9.17, 15) is 0 Å². The van der Waals surface area contributed by atoms with E-state index in [0.29, 0.717) is 6.04 Å². The molecule has 0 amide bonds. The van der Waals surface area contributed by atoms with Gasteiger partial charge in [-0.1, -0.05) is 6.07 Å². The Kier molecular flexibility index (Phi) is 3.27. The van der Waals surface area contributed by atoms with Crippen LogP contribution in [0.3, 0.4) is 0 Å². The van der Waals surface area contributed by atoms with Gasteiger partial charge in [0.15, 0.2) is 0 Å². The van der Waals surface area contributed by atoms with Crippen LogP contribution in [0, 0.1) is 0 Å². The van der Waals surface area contributed by atoms with Gasteiger partial charge in [-0.3, -0.25) is 4.90 Å². The molecule has 1 unspecified atom stereocenters. The van der Waals surface area contributed by atoms with Gasteiger partial charge in [0.1, 0.15) is 5.75 Å². The fourth-order valence-electron chi connectivity index (χ4n) is 3.05. The summed E-state index contributed by atoms with van der Waals surface area (Å²) in [6.07, 6.45) is 3.65. The van der Waals surface area contributed by atoms with Crippen LogP contribution in [0.5, 0.6) is 5.75 Å². The first-order valence-corrected chi connectivity index (χ1v) is 6.86. The Morgan fingerprint density at radius 3 is 2.72 bits per heavy atom. The molecule has 2 aliphatic rings. The number of fused-ring (bicyclic) bond motifs is 1. The van der Waals surface area contributed by atoms with Gasteiger partial charge in [-0.05, 0) is 49.6 Å². The lowest BCUT2D eigenvalue weighted by atomic mass is 9.86. The first-order chi connectivity index (χ1) is 8.78. The lowest BCUT2D eigenvalue weighted by Crippen LogP contribution is -2.59. The van der Waals surface area contributed by atoms with E-state index >= 15 is 0 Å². The van der Waals surface area contributed by atoms with Crippen molar-refractivity contribution in [3.8, 4) is 5.75 Å². The van der Waals surface area contributed by atoms with Crippen LogP contribution < -0.4 is 10.1 Å². The second-order valence-corrected chi connectivity index (χ2v) is 5.51. The van der Waals surface area contributed by atoms with E-state index in [0.717, 1.165) is 24.9 Å². The van der Waals surface area contributed by atoms with Gasteiger partial charge >= 0.3 is 0 Å². The van der Waals surface area contributed by atoms with Crippen molar-refractivity contribution in [1.82, 2.24) is 10.2 Å². The van der Waals surface area contributed by atoms with Gasteiger partial charge in [-0.2, -0.15) is 0 Å². The van der Waals surface area contributed by atoms with E-state index in [-0.39, 0.29) is 0 Å². The van der Waals surface area contributed by atoms with Crippen LogP contribution in [0.4, 0.5) is 0 Å². The minimum absolute atomic E-state index is 0.691. The van der Waals surface area contributed by atoms with Gasteiger partial charge in [-0.15, -0.1) is 0 Å². The Labute approximate surface area is 109 Å². The third-order valence-corrected chi connectivity index (χ3v) is 4.53. The van der Waals surface area contributed by atoms with Crippen LogP contribution >= 0.6 is 0 Å². The van der Waals surface area contributed by atoms with Gasteiger partial charge in [-0.25, -0.2) is 0 Å². The van der Waals surface area contributed by atoms with E-state index in [1.165, 1.54) is 30.4 Å². The highest BCUT2D eigenvalue weighted by Crippen LogP contribution is 2.28. The summed E-state index contributed by atoms with van der Waals surface area (Å²) in [6, 6.07) is 7.96. The van der Waals surface area contributed by atoms with Crippen LogP contribution in [0.25, 0.3) is 0 Å². The Morgan fingerprint density at radius 1 is 1.22 bits per heavy atom. The minimum Gasteiger partial charge on any atom is -0.497 e. The predicted octanol–water partition coefficient (Wildman–Crippen LogP) is 1.46. The summed E-state index contributed by atoms with van der Waals surface area (Å²) in [4.78, 5) is 2.57. The van der Waals surface area contributed by atoms with E-state index < -0.39 is 0 Å². The Morgan fingerprint density at radius 2 is 2.06 bits per heavy atom. The lowest BCUT2D eigenvalue weighted by molar-refractivity contribution is 0.117. The summed E-state index contributed by atoms with van der Waals surface area (Å²) in [7, 11) is 4.02. The molecule has 3 rings (SSSR count). The van der Waals surface area contributed by atoms with Crippen molar-refractivity contribution in [2.24, 2.45) is 0 Å². The molecular weight excluding hydrogens is 224 g/mol. The summed E-state index contributed by atoms with van der Waals surface area (Å²) >= 11 is 0. The van der Waals surface area contributed by atoms with E-state index in [2.05, 4.69) is 35.5 Å². The fourth-order valence-corrected chi connectivity index (χ4v) is 3.05. The average Bonchev–Trinajstić information content (AvgIpc) is 2.35. The molecule has 1 aromatic rings. The third kappa shape index (κ3) is 2.13. The molecule has 1 aliphatic carbocycles. The maximum absolute atomic E-state index is 5.33. The number of ether oxygens (including phenoxy) is 1. The van der Waals surface area contributed by atoms with E-state index in [1.54, 1.807) is 7.11 Å². The monoisotopic (exact) mass is 246 g/mol. The number of methoxy groups -OCH3 is 1. The molecular formula is C15H22N2O. The smallest absolute Gasteiger partial charge is 0.119 e. The maximum Gasteiger partial charge on any atom is 0.119 e. The van der Waals surface area contributed by atoms with Crippen LogP contribution in [0.1, 0.15) is 17.5 Å². The van der Waals surface area contributed by atoms with Crippen LogP contribution in [0.15, 0.2) is 18.2 Å². The summed E-state index contributed by atoms with van der Waals surface area (Å²) in [6.45, 7) is 2.30. The number of nitrogens with one attached hydrogen (secondary N) is 1. The molecule has 3 nitrogen and oxygen atoms in total.